The first-order chi connectivity index (χ1) is 11.2. The number of benzene rings is 1. The summed E-state index contributed by atoms with van der Waals surface area (Å²) in [5.41, 5.74) is 7.77. The van der Waals surface area contributed by atoms with Crippen LogP contribution in [0.25, 0.3) is 0 Å². The van der Waals surface area contributed by atoms with Gasteiger partial charge >= 0.3 is 5.97 Å². The maximum atomic E-state index is 12.1. The summed E-state index contributed by atoms with van der Waals surface area (Å²) in [7, 11) is 2.80. The van der Waals surface area contributed by atoms with Gasteiger partial charge in [-0.1, -0.05) is 45.0 Å². The minimum Gasteiger partial charge on any atom is -0.469 e. The fraction of sp³-hybridized carbons (Fsp3) is 0.556. The van der Waals surface area contributed by atoms with Crippen LogP contribution in [0.5, 0.6) is 0 Å². The van der Waals surface area contributed by atoms with Gasteiger partial charge in [0, 0.05) is 7.11 Å². The molecule has 0 fully saturated rings. The topological polar surface area (TPSA) is 90.6 Å². The average Bonchev–Trinajstić information content (AvgIpc) is 2.53. The van der Waals surface area contributed by atoms with E-state index in [0.717, 1.165) is 5.56 Å². The van der Waals surface area contributed by atoms with E-state index in [1.54, 1.807) is 0 Å². The van der Waals surface area contributed by atoms with Gasteiger partial charge in [-0.25, -0.2) is 0 Å². The van der Waals surface area contributed by atoms with Crippen molar-refractivity contribution in [3.05, 3.63) is 35.4 Å². The molecule has 1 aromatic rings. The molecule has 0 bridgehead atoms. The summed E-state index contributed by atoms with van der Waals surface area (Å²) >= 11 is 0. The van der Waals surface area contributed by atoms with E-state index in [1.165, 1.54) is 19.8 Å². The fourth-order valence-electron chi connectivity index (χ4n) is 2.25. The Hall–Kier alpha value is -1.63. The molecule has 6 nitrogen and oxygen atoms in total. The van der Waals surface area contributed by atoms with Gasteiger partial charge in [-0.15, -0.1) is 12.4 Å². The molecular formula is C18H29ClN2O4. The van der Waals surface area contributed by atoms with Crippen molar-refractivity contribution in [2.24, 2.45) is 5.73 Å². The standard InChI is InChI=1S/C18H28N2O4.ClH/c1-18(2,3)13-8-6-12(7-9-13)15(10-16(21)24-5)20-17(22)14(19)11-23-4;/h6-9,14-15H,10-11,19H2,1-5H3,(H,20,22);1H. The lowest BCUT2D eigenvalue weighted by Crippen LogP contribution is -2.45. The third-order valence-corrected chi connectivity index (χ3v) is 3.78. The fourth-order valence-corrected chi connectivity index (χ4v) is 2.25. The van der Waals surface area contributed by atoms with Crippen molar-refractivity contribution in [1.29, 1.82) is 0 Å². The molecule has 25 heavy (non-hydrogen) atoms. The van der Waals surface area contributed by atoms with E-state index in [9.17, 15) is 9.59 Å². The molecule has 0 aliphatic rings. The van der Waals surface area contributed by atoms with E-state index in [0.29, 0.717) is 0 Å². The third kappa shape index (κ3) is 7.42. The SMILES string of the molecule is COCC(N)C(=O)NC(CC(=O)OC)c1ccc(C(C)(C)C)cc1.Cl. The number of nitrogens with two attached hydrogens (primary N) is 1. The highest BCUT2D eigenvalue weighted by Crippen LogP contribution is 2.25. The number of nitrogens with one attached hydrogen (secondary N) is 1. The Balaban J connectivity index is 0.00000576. The lowest BCUT2D eigenvalue weighted by atomic mass is 9.86. The zero-order valence-electron chi connectivity index (χ0n) is 15.5. The van der Waals surface area contributed by atoms with Gasteiger partial charge in [0.05, 0.1) is 26.2 Å². The number of carbonyl (C=O) groups excluding carboxylic acids is 2. The Labute approximate surface area is 155 Å². The summed E-state index contributed by atoms with van der Waals surface area (Å²) in [6.45, 7) is 6.48. The van der Waals surface area contributed by atoms with Crippen LogP contribution in [0.4, 0.5) is 0 Å². The Kier molecular flexibility index (Phi) is 9.70. The minimum atomic E-state index is -0.788. The average molecular weight is 373 g/mol. The molecule has 1 aromatic carbocycles. The Bertz CT molecular complexity index is 555. The number of carbonyl (C=O) groups is 2. The molecule has 0 saturated heterocycles. The van der Waals surface area contributed by atoms with Gasteiger partial charge < -0.3 is 20.5 Å². The minimum absolute atomic E-state index is 0. The van der Waals surface area contributed by atoms with E-state index >= 15 is 0 Å². The molecule has 0 aromatic heterocycles. The molecule has 0 spiro atoms. The van der Waals surface area contributed by atoms with Crippen molar-refractivity contribution in [2.75, 3.05) is 20.8 Å². The second kappa shape index (κ2) is 10.4. The van der Waals surface area contributed by atoms with Gasteiger partial charge in [0.25, 0.3) is 0 Å². The van der Waals surface area contributed by atoms with Gasteiger partial charge in [-0.2, -0.15) is 0 Å². The molecule has 2 unspecified atom stereocenters. The van der Waals surface area contributed by atoms with E-state index in [-0.39, 0.29) is 36.8 Å². The second-order valence-electron chi connectivity index (χ2n) is 6.78. The van der Waals surface area contributed by atoms with Gasteiger partial charge in [0.2, 0.25) is 5.91 Å². The zero-order chi connectivity index (χ0) is 18.3. The van der Waals surface area contributed by atoms with Crippen LogP contribution in [0.2, 0.25) is 0 Å². The second-order valence-corrected chi connectivity index (χ2v) is 6.78. The number of esters is 1. The number of hydrogen-bond acceptors (Lipinski definition) is 5. The summed E-state index contributed by atoms with van der Waals surface area (Å²) < 4.78 is 9.61. The summed E-state index contributed by atoms with van der Waals surface area (Å²) in [5.74, 6) is -0.772. The summed E-state index contributed by atoms with van der Waals surface area (Å²) in [6.07, 6.45) is 0.0385. The predicted molar refractivity (Wildman–Crippen MR) is 99.8 cm³/mol. The summed E-state index contributed by atoms with van der Waals surface area (Å²) in [5, 5.41) is 2.80. The molecule has 2 atom stereocenters. The third-order valence-electron chi connectivity index (χ3n) is 3.78. The largest absolute Gasteiger partial charge is 0.469 e. The van der Waals surface area contributed by atoms with Crippen LogP contribution in [-0.2, 0) is 24.5 Å². The molecule has 1 rings (SSSR count). The van der Waals surface area contributed by atoms with Crippen molar-refractivity contribution in [3.63, 3.8) is 0 Å². The zero-order valence-corrected chi connectivity index (χ0v) is 16.3. The molecule has 142 valence electrons. The van der Waals surface area contributed by atoms with Crippen LogP contribution >= 0.6 is 12.4 Å². The number of hydrogen-bond donors (Lipinski definition) is 2. The van der Waals surface area contributed by atoms with Crippen molar-refractivity contribution >= 4 is 24.3 Å². The van der Waals surface area contributed by atoms with Crippen molar-refractivity contribution in [1.82, 2.24) is 5.32 Å². The lowest BCUT2D eigenvalue weighted by Gasteiger charge is -2.23. The first kappa shape index (κ1) is 23.4. The number of methoxy groups -OCH3 is 2. The molecule has 0 radical (unpaired) electrons. The van der Waals surface area contributed by atoms with Crippen molar-refractivity contribution < 1.29 is 19.1 Å². The van der Waals surface area contributed by atoms with E-state index < -0.39 is 18.1 Å². The van der Waals surface area contributed by atoms with E-state index in [4.69, 9.17) is 15.2 Å². The molecule has 0 aliphatic heterocycles. The quantitative estimate of drug-likeness (QED) is 0.715. The predicted octanol–water partition coefficient (Wildman–Crippen LogP) is 2.10. The Morgan fingerprint density at radius 1 is 1.16 bits per heavy atom. The summed E-state index contributed by atoms with van der Waals surface area (Å²) in [6, 6.07) is 6.54. The first-order valence-corrected chi connectivity index (χ1v) is 7.91. The summed E-state index contributed by atoms with van der Waals surface area (Å²) in [4.78, 5) is 23.8. The van der Waals surface area contributed by atoms with Crippen molar-refractivity contribution in [3.8, 4) is 0 Å². The van der Waals surface area contributed by atoms with Crippen LogP contribution in [-0.4, -0.2) is 38.7 Å². The van der Waals surface area contributed by atoms with E-state index in [1.807, 2.05) is 24.3 Å². The van der Waals surface area contributed by atoms with E-state index in [2.05, 4.69) is 26.1 Å². The van der Waals surface area contributed by atoms with Crippen LogP contribution in [0.15, 0.2) is 24.3 Å². The highest BCUT2D eigenvalue weighted by atomic mass is 35.5. The molecule has 7 heteroatoms. The van der Waals surface area contributed by atoms with Crippen LogP contribution < -0.4 is 11.1 Å². The number of rotatable bonds is 7. The van der Waals surface area contributed by atoms with Crippen LogP contribution in [0, 0.1) is 0 Å². The maximum Gasteiger partial charge on any atom is 0.307 e. The number of ether oxygens (including phenoxy) is 2. The molecule has 0 saturated carbocycles. The highest BCUT2D eigenvalue weighted by Gasteiger charge is 2.23. The monoisotopic (exact) mass is 372 g/mol. The lowest BCUT2D eigenvalue weighted by molar-refractivity contribution is -0.141. The first-order valence-electron chi connectivity index (χ1n) is 7.91. The smallest absolute Gasteiger partial charge is 0.307 e. The molecular weight excluding hydrogens is 344 g/mol. The van der Waals surface area contributed by atoms with Crippen LogP contribution in [0.1, 0.15) is 44.4 Å². The number of amides is 1. The van der Waals surface area contributed by atoms with Crippen molar-refractivity contribution in [2.45, 2.75) is 44.7 Å². The van der Waals surface area contributed by atoms with Gasteiger partial charge in [0.15, 0.2) is 0 Å². The molecule has 3 N–H and O–H groups in total. The molecule has 0 heterocycles. The van der Waals surface area contributed by atoms with Crippen LogP contribution in [0.3, 0.4) is 0 Å². The highest BCUT2D eigenvalue weighted by molar-refractivity contribution is 5.85. The number of halogens is 1. The Morgan fingerprint density at radius 3 is 2.16 bits per heavy atom. The maximum absolute atomic E-state index is 12.1. The van der Waals surface area contributed by atoms with Gasteiger partial charge in [-0.05, 0) is 16.5 Å². The Morgan fingerprint density at radius 2 is 1.72 bits per heavy atom. The normalized spacial score (nSPS) is 13.4. The molecule has 1 amide bonds. The van der Waals surface area contributed by atoms with Gasteiger partial charge in [-0.3, -0.25) is 9.59 Å². The van der Waals surface area contributed by atoms with Gasteiger partial charge in [0.1, 0.15) is 6.04 Å². The molecule has 0 aliphatic carbocycles.